The lowest BCUT2D eigenvalue weighted by atomic mass is 10.4. The number of amides is 1. The molecule has 0 radical (unpaired) electrons. The Balaban J connectivity index is 2.26. The zero-order chi connectivity index (χ0) is 11.8. The predicted molar refractivity (Wildman–Crippen MR) is 52.9 cm³/mol. The van der Waals surface area contributed by atoms with E-state index in [0.29, 0.717) is 12.3 Å². The van der Waals surface area contributed by atoms with Crippen molar-refractivity contribution in [2.24, 2.45) is 0 Å². The quantitative estimate of drug-likeness (QED) is 0.586. The van der Waals surface area contributed by atoms with Gasteiger partial charge >= 0.3 is 0 Å². The molecule has 1 aromatic heterocycles. The molecule has 5 nitrogen and oxygen atoms in total. The summed E-state index contributed by atoms with van der Waals surface area (Å²) in [4.78, 5) is 14.5. The van der Waals surface area contributed by atoms with Crippen LogP contribution in [0.1, 0.15) is 6.42 Å². The number of rotatable bonds is 5. The third kappa shape index (κ3) is 4.37. The van der Waals surface area contributed by atoms with E-state index < -0.39 is 5.95 Å². The van der Waals surface area contributed by atoms with Crippen molar-refractivity contribution in [3.05, 3.63) is 24.3 Å². The lowest BCUT2D eigenvalue weighted by Gasteiger charge is -2.05. The van der Waals surface area contributed by atoms with Crippen molar-refractivity contribution in [1.82, 2.24) is 10.3 Å². The first kappa shape index (κ1) is 11.9. The van der Waals surface area contributed by atoms with Gasteiger partial charge in [-0.25, -0.2) is 4.98 Å². The number of aromatic nitrogens is 1. The van der Waals surface area contributed by atoms with Crippen molar-refractivity contribution in [2.45, 2.75) is 6.42 Å². The fraction of sp³-hybridized carbons (Fsp3) is 0.300. The molecule has 1 amide bonds. The summed E-state index contributed by atoms with van der Waals surface area (Å²) < 4.78 is 17.4. The minimum atomic E-state index is -0.606. The fourth-order valence-corrected chi connectivity index (χ4v) is 0.905. The highest BCUT2D eigenvalue weighted by atomic mass is 19.1. The van der Waals surface area contributed by atoms with Gasteiger partial charge in [-0.3, -0.25) is 4.79 Å². The van der Waals surface area contributed by atoms with Gasteiger partial charge in [-0.2, -0.15) is 9.65 Å². The third-order valence-corrected chi connectivity index (χ3v) is 1.63. The molecule has 0 aliphatic heterocycles. The number of hydrogen-bond donors (Lipinski definition) is 1. The molecule has 0 atom stereocenters. The summed E-state index contributed by atoms with van der Waals surface area (Å²) in [5.74, 6) is -0.623. The Labute approximate surface area is 91.9 Å². The van der Waals surface area contributed by atoms with Gasteiger partial charge in [-0.1, -0.05) is 0 Å². The summed E-state index contributed by atoms with van der Waals surface area (Å²) in [5, 5.41) is 10.7. The number of nitriles is 1. The van der Waals surface area contributed by atoms with E-state index in [1.54, 1.807) is 0 Å². The highest BCUT2D eigenvalue weighted by Gasteiger charge is 2.02. The van der Waals surface area contributed by atoms with Gasteiger partial charge < -0.3 is 10.1 Å². The van der Waals surface area contributed by atoms with E-state index in [9.17, 15) is 9.18 Å². The van der Waals surface area contributed by atoms with Crippen molar-refractivity contribution in [2.75, 3.05) is 13.2 Å². The number of hydrogen-bond acceptors (Lipinski definition) is 4. The van der Waals surface area contributed by atoms with Crippen LogP contribution in [0.15, 0.2) is 18.3 Å². The number of nitrogens with zero attached hydrogens (tertiary/aromatic N) is 2. The van der Waals surface area contributed by atoms with E-state index in [2.05, 4.69) is 10.3 Å². The lowest BCUT2D eigenvalue weighted by Crippen LogP contribution is -2.29. The molecule has 0 fully saturated rings. The molecule has 16 heavy (non-hydrogen) atoms. The highest BCUT2D eigenvalue weighted by molar-refractivity contribution is 5.77. The van der Waals surface area contributed by atoms with E-state index in [-0.39, 0.29) is 18.9 Å². The largest absolute Gasteiger partial charge is 0.482 e. The second-order valence-corrected chi connectivity index (χ2v) is 2.86. The Morgan fingerprint density at radius 1 is 1.62 bits per heavy atom. The number of carbonyl (C=O) groups excluding carboxylic acids is 1. The Hall–Kier alpha value is -2.16. The number of carbonyl (C=O) groups is 1. The molecule has 0 saturated heterocycles. The van der Waals surface area contributed by atoms with E-state index in [1.165, 1.54) is 12.3 Å². The molecular weight excluding hydrogens is 213 g/mol. The average molecular weight is 223 g/mol. The molecule has 0 saturated carbocycles. The summed E-state index contributed by atoms with van der Waals surface area (Å²) in [6.45, 7) is 0.110. The first-order valence-corrected chi connectivity index (χ1v) is 4.60. The molecule has 0 bridgehead atoms. The van der Waals surface area contributed by atoms with E-state index in [4.69, 9.17) is 10.00 Å². The van der Waals surface area contributed by atoms with Crippen molar-refractivity contribution in [3.8, 4) is 11.8 Å². The maximum atomic E-state index is 12.4. The van der Waals surface area contributed by atoms with Crippen LogP contribution in [0.4, 0.5) is 4.39 Å². The molecule has 1 N–H and O–H groups in total. The van der Waals surface area contributed by atoms with Crippen molar-refractivity contribution in [3.63, 3.8) is 0 Å². The summed E-state index contributed by atoms with van der Waals surface area (Å²) in [7, 11) is 0. The molecule has 0 unspecified atom stereocenters. The summed E-state index contributed by atoms with van der Waals surface area (Å²) in [5.41, 5.74) is 0. The molecule has 0 aliphatic rings. The summed E-state index contributed by atoms with van der Waals surface area (Å²) in [6, 6.07) is 4.42. The smallest absolute Gasteiger partial charge is 0.257 e. The summed E-state index contributed by atoms with van der Waals surface area (Å²) >= 11 is 0. The van der Waals surface area contributed by atoms with Crippen LogP contribution >= 0.6 is 0 Å². The zero-order valence-electron chi connectivity index (χ0n) is 8.44. The van der Waals surface area contributed by atoms with Crippen molar-refractivity contribution >= 4 is 5.91 Å². The molecule has 1 aromatic rings. The van der Waals surface area contributed by atoms with Gasteiger partial charge in [0.2, 0.25) is 5.95 Å². The van der Waals surface area contributed by atoms with E-state index in [0.717, 1.165) is 6.07 Å². The lowest BCUT2D eigenvalue weighted by molar-refractivity contribution is -0.123. The zero-order valence-corrected chi connectivity index (χ0v) is 8.44. The van der Waals surface area contributed by atoms with Gasteiger partial charge in [0.1, 0.15) is 5.75 Å². The van der Waals surface area contributed by atoms with E-state index in [1.807, 2.05) is 6.07 Å². The molecule has 0 spiro atoms. The highest BCUT2D eigenvalue weighted by Crippen LogP contribution is 2.07. The predicted octanol–water partition coefficient (Wildman–Crippen LogP) is 0.629. The second kappa shape index (κ2) is 6.35. The molecule has 84 valence electrons. The molecule has 1 rings (SSSR count). The van der Waals surface area contributed by atoms with E-state index >= 15 is 0 Å². The maximum absolute atomic E-state index is 12.4. The average Bonchev–Trinajstić information content (AvgIpc) is 2.29. The molecule has 0 aliphatic carbocycles. The Bertz CT molecular complexity index is 386. The van der Waals surface area contributed by atoms with Crippen LogP contribution in [-0.2, 0) is 4.79 Å². The van der Waals surface area contributed by atoms with Gasteiger partial charge in [-0.05, 0) is 12.1 Å². The van der Waals surface area contributed by atoms with Crippen LogP contribution < -0.4 is 10.1 Å². The maximum Gasteiger partial charge on any atom is 0.257 e. The number of nitrogens with one attached hydrogen (secondary N) is 1. The van der Waals surface area contributed by atoms with Crippen LogP contribution in [0.5, 0.6) is 5.75 Å². The monoisotopic (exact) mass is 223 g/mol. The van der Waals surface area contributed by atoms with Crippen LogP contribution in [-0.4, -0.2) is 24.0 Å². The Morgan fingerprint density at radius 2 is 2.44 bits per heavy atom. The number of ether oxygens (including phenoxy) is 1. The first-order chi connectivity index (χ1) is 7.72. The van der Waals surface area contributed by atoms with Gasteiger partial charge in [-0.15, -0.1) is 0 Å². The van der Waals surface area contributed by atoms with Crippen LogP contribution in [0.2, 0.25) is 0 Å². The fourth-order valence-electron chi connectivity index (χ4n) is 0.905. The van der Waals surface area contributed by atoms with Gasteiger partial charge in [0.25, 0.3) is 5.91 Å². The molecule has 6 heteroatoms. The van der Waals surface area contributed by atoms with Crippen molar-refractivity contribution in [1.29, 1.82) is 5.26 Å². The second-order valence-electron chi connectivity index (χ2n) is 2.86. The van der Waals surface area contributed by atoms with Crippen LogP contribution in [0.25, 0.3) is 0 Å². The van der Waals surface area contributed by atoms with Crippen LogP contribution in [0.3, 0.4) is 0 Å². The number of pyridine rings is 1. The molecular formula is C10H10FN3O2. The third-order valence-electron chi connectivity index (χ3n) is 1.63. The van der Waals surface area contributed by atoms with Gasteiger partial charge in [0, 0.05) is 6.54 Å². The topological polar surface area (TPSA) is 75.0 Å². The summed E-state index contributed by atoms with van der Waals surface area (Å²) in [6.07, 6.45) is 1.45. The minimum absolute atomic E-state index is 0.182. The Morgan fingerprint density at radius 3 is 3.06 bits per heavy atom. The SMILES string of the molecule is N#CCCNC(=O)COc1ccc(F)nc1. The standard InChI is InChI=1S/C10H10FN3O2/c11-9-3-2-8(6-14-9)16-7-10(15)13-5-1-4-12/h2-3,6H,1,5,7H2,(H,13,15). The number of halogens is 1. The normalized spacial score (nSPS) is 9.25. The van der Waals surface area contributed by atoms with Gasteiger partial charge in [0.05, 0.1) is 18.7 Å². The Kier molecular flexibility index (Phi) is 4.73. The van der Waals surface area contributed by atoms with Crippen molar-refractivity contribution < 1.29 is 13.9 Å². The molecule has 0 aromatic carbocycles. The van der Waals surface area contributed by atoms with Crippen LogP contribution in [0, 0.1) is 17.3 Å². The van der Waals surface area contributed by atoms with Gasteiger partial charge in [0.15, 0.2) is 6.61 Å². The first-order valence-electron chi connectivity index (χ1n) is 4.60. The molecule has 1 heterocycles. The minimum Gasteiger partial charge on any atom is -0.482 e.